The minimum Gasteiger partial charge on any atom is -0.477 e. The van der Waals surface area contributed by atoms with Gasteiger partial charge in [0.15, 0.2) is 10.8 Å². The Morgan fingerprint density at radius 2 is 2.24 bits per heavy atom. The maximum atomic E-state index is 12.9. The monoisotopic (exact) mass is 547 g/mol. The Morgan fingerprint density at radius 1 is 1.47 bits per heavy atom. The van der Waals surface area contributed by atoms with E-state index in [0.717, 1.165) is 11.3 Å². The number of amides is 2. The zero-order chi connectivity index (χ0) is 23.7. The summed E-state index contributed by atoms with van der Waals surface area (Å²) in [7, 11) is 2.95. The van der Waals surface area contributed by atoms with Crippen molar-refractivity contribution in [3.05, 3.63) is 22.3 Å². The summed E-state index contributed by atoms with van der Waals surface area (Å²) in [4.78, 5) is 47.6. The number of aryl methyl sites for hydroxylation is 1. The third kappa shape index (κ3) is 4.82. The van der Waals surface area contributed by atoms with Gasteiger partial charge in [0.1, 0.15) is 29.9 Å². The van der Waals surface area contributed by atoms with Gasteiger partial charge in [0.25, 0.3) is 11.8 Å². The highest BCUT2D eigenvalue weighted by Crippen LogP contribution is 2.41. The Bertz CT molecular complexity index is 1180. The van der Waals surface area contributed by atoms with Gasteiger partial charge >= 0.3 is 5.97 Å². The highest BCUT2D eigenvalue weighted by molar-refractivity contribution is 8.01. The van der Waals surface area contributed by atoms with Crippen LogP contribution in [0.2, 0.25) is 0 Å². The molecule has 0 aliphatic carbocycles. The first-order chi connectivity index (χ1) is 15.8. The second kappa shape index (κ2) is 10.6. The van der Waals surface area contributed by atoms with E-state index in [9.17, 15) is 19.5 Å². The lowest BCUT2D eigenvalue weighted by Crippen LogP contribution is -2.71. The molecule has 2 aliphatic heterocycles. The number of anilines is 1. The number of fused-ring (bicyclic) bond motifs is 1. The van der Waals surface area contributed by atoms with Crippen LogP contribution in [0.5, 0.6) is 0 Å². The number of halogens is 1. The van der Waals surface area contributed by atoms with E-state index in [0.29, 0.717) is 22.2 Å². The van der Waals surface area contributed by atoms with Gasteiger partial charge in [-0.15, -0.1) is 40.6 Å². The SMILES string of the molecule is CO/N=C(\C(=O)N[C@@H]1C(=O)N2C(C(=O)O)=C(CSc3nnnn3C)CS[C@H]12)c1csc(N)n1.Cl. The van der Waals surface area contributed by atoms with Crippen molar-refractivity contribution in [2.75, 3.05) is 24.3 Å². The first-order valence-corrected chi connectivity index (χ1v) is 12.1. The molecule has 1 fully saturated rings. The molecule has 4 rings (SSSR count). The van der Waals surface area contributed by atoms with Crippen molar-refractivity contribution in [2.24, 2.45) is 12.2 Å². The Kier molecular flexibility index (Phi) is 8.01. The van der Waals surface area contributed by atoms with Crippen LogP contribution in [0.1, 0.15) is 5.69 Å². The van der Waals surface area contributed by atoms with Gasteiger partial charge in [-0.05, 0) is 16.0 Å². The van der Waals surface area contributed by atoms with E-state index in [2.05, 4.69) is 31.0 Å². The number of carboxylic acid groups (broad SMARTS) is 1. The van der Waals surface area contributed by atoms with E-state index in [4.69, 9.17) is 10.6 Å². The second-order valence-electron chi connectivity index (χ2n) is 6.69. The van der Waals surface area contributed by atoms with Gasteiger partial charge in [0.05, 0.1) is 0 Å². The van der Waals surface area contributed by atoms with Crippen LogP contribution in [0.15, 0.2) is 27.0 Å². The average molecular weight is 548 g/mol. The molecule has 0 saturated carbocycles. The fraction of sp³-hybridized carbons (Fsp3) is 0.375. The summed E-state index contributed by atoms with van der Waals surface area (Å²) in [6, 6.07) is -0.924. The van der Waals surface area contributed by atoms with Crippen molar-refractivity contribution >= 4 is 75.9 Å². The minimum absolute atomic E-state index is 0. The standard InChI is InChI=1S/C16H17N9O5S3.ClH/c1-24-16(20-22-23-24)33-4-6-3-31-13-9(12(27)25(13)10(6)14(28)29)19-11(26)8(21-30-2)7-5-32-15(17)18-7;/h5,9,13H,3-4H2,1-2H3,(H2,17,18)(H,19,26)(H,28,29);1H/b21-8-;/t9-,13-;/m1./s1. The molecule has 0 bridgehead atoms. The molecule has 2 aromatic rings. The Balaban J connectivity index is 0.00000324. The van der Waals surface area contributed by atoms with Crippen molar-refractivity contribution in [3.8, 4) is 0 Å². The summed E-state index contributed by atoms with van der Waals surface area (Å²) >= 11 is 3.75. The summed E-state index contributed by atoms with van der Waals surface area (Å²) in [5, 5.41) is 29.0. The summed E-state index contributed by atoms with van der Waals surface area (Å²) in [5.41, 5.74) is 6.17. The van der Waals surface area contributed by atoms with Crippen molar-refractivity contribution < 1.29 is 24.3 Å². The predicted molar refractivity (Wildman–Crippen MR) is 127 cm³/mol. The molecule has 18 heteroatoms. The molecule has 2 atom stereocenters. The maximum absolute atomic E-state index is 12.9. The smallest absolute Gasteiger partial charge is 0.352 e. The number of aromatic nitrogens is 5. The number of carbonyl (C=O) groups excluding carboxylic acids is 2. The summed E-state index contributed by atoms with van der Waals surface area (Å²) in [6.07, 6.45) is 0. The number of thioether (sulfide) groups is 2. The Labute approximate surface area is 210 Å². The van der Waals surface area contributed by atoms with Gasteiger partial charge in [-0.25, -0.2) is 14.5 Å². The van der Waals surface area contributed by atoms with Crippen LogP contribution in [-0.2, 0) is 26.3 Å². The third-order valence-electron chi connectivity index (χ3n) is 4.66. The number of nitrogens with two attached hydrogens (primary N) is 1. The summed E-state index contributed by atoms with van der Waals surface area (Å²) in [6.45, 7) is 0. The van der Waals surface area contributed by atoms with Gasteiger partial charge in [-0.2, -0.15) is 0 Å². The number of nitrogens with zero attached hydrogens (tertiary/aromatic N) is 7. The maximum Gasteiger partial charge on any atom is 0.352 e. The molecule has 2 aliphatic rings. The summed E-state index contributed by atoms with van der Waals surface area (Å²) in [5.74, 6) is -1.77. The number of carboxylic acids is 1. The number of nitrogens with one attached hydrogen (secondary N) is 1. The van der Waals surface area contributed by atoms with E-state index in [1.807, 2.05) is 0 Å². The van der Waals surface area contributed by atoms with Crippen LogP contribution in [0.25, 0.3) is 0 Å². The normalized spacial score (nSPS) is 19.8. The highest BCUT2D eigenvalue weighted by Gasteiger charge is 2.54. The predicted octanol–water partition coefficient (Wildman–Crippen LogP) is -0.448. The van der Waals surface area contributed by atoms with Crippen molar-refractivity contribution in [1.29, 1.82) is 0 Å². The number of oxime groups is 1. The van der Waals surface area contributed by atoms with Crippen molar-refractivity contribution in [3.63, 3.8) is 0 Å². The Hall–Kier alpha value is -2.89. The Morgan fingerprint density at radius 3 is 2.82 bits per heavy atom. The largest absolute Gasteiger partial charge is 0.477 e. The molecule has 2 amide bonds. The highest BCUT2D eigenvalue weighted by atomic mass is 35.5. The lowest BCUT2D eigenvalue weighted by Gasteiger charge is -2.49. The van der Waals surface area contributed by atoms with Crippen LogP contribution >= 0.6 is 47.3 Å². The van der Waals surface area contributed by atoms with E-state index in [1.54, 1.807) is 12.4 Å². The number of tetrazole rings is 1. The number of hydrogen-bond donors (Lipinski definition) is 3. The first-order valence-electron chi connectivity index (χ1n) is 9.20. The number of aliphatic carboxylic acids is 1. The van der Waals surface area contributed by atoms with Crippen LogP contribution in [0.4, 0.5) is 5.13 Å². The van der Waals surface area contributed by atoms with E-state index in [1.165, 1.54) is 40.2 Å². The molecule has 4 N–H and O–H groups in total. The number of hydrogen-bond acceptors (Lipinski definition) is 13. The number of rotatable bonds is 8. The molecule has 0 spiro atoms. The number of nitrogen functional groups attached to an aromatic ring is 1. The minimum atomic E-state index is -1.22. The summed E-state index contributed by atoms with van der Waals surface area (Å²) < 4.78 is 1.47. The van der Waals surface area contributed by atoms with Crippen LogP contribution in [0, 0.1) is 0 Å². The topological polar surface area (TPSA) is 191 Å². The van der Waals surface area contributed by atoms with E-state index < -0.39 is 29.2 Å². The van der Waals surface area contributed by atoms with Crippen LogP contribution < -0.4 is 11.1 Å². The number of β-lactam (4-membered cyclic amide) rings is 1. The van der Waals surface area contributed by atoms with Gasteiger partial charge in [0.2, 0.25) is 5.16 Å². The molecular weight excluding hydrogens is 530 g/mol. The van der Waals surface area contributed by atoms with Gasteiger partial charge in [-0.1, -0.05) is 16.9 Å². The zero-order valence-corrected chi connectivity index (χ0v) is 20.8. The van der Waals surface area contributed by atoms with Crippen molar-refractivity contribution in [1.82, 2.24) is 35.4 Å². The molecule has 34 heavy (non-hydrogen) atoms. The molecule has 1 saturated heterocycles. The third-order valence-corrected chi connectivity index (χ3v) is 7.77. The van der Waals surface area contributed by atoms with Gasteiger partial charge < -0.3 is 21.0 Å². The van der Waals surface area contributed by atoms with Crippen molar-refractivity contribution in [2.45, 2.75) is 16.6 Å². The average Bonchev–Trinajstić information content (AvgIpc) is 3.40. The fourth-order valence-electron chi connectivity index (χ4n) is 3.19. The number of thiazole rings is 1. The fourth-order valence-corrected chi connectivity index (χ4v) is 6.07. The van der Waals surface area contributed by atoms with E-state index in [-0.39, 0.29) is 34.6 Å². The van der Waals surface area contributed by atoms with E-state index >= 15 is 0 Å². The van der Waals surface area contributed by atoms with Crippen LogP contribution in [-0.4, -0.2) is 88.7 Å². The molecule has 4 heterocycles. The molecule has 2 aromatic heterocycles. The van der Waals surface area contributed by atoms with Crippen LogP contribution in [0.3, 0.4) is 0 Å². The lowest BCUT2D eigenvalue weighted by atomic mass is 10.0. The lowest BCUT2D eigenvalue weighted by molar-refractivity contribution is -0.150. The molecule has 0 aromatic carbocycles. The number of carbonyl (C=O) groups is 3. The second-order valence-corrected chi connectivity index (χ2v) is 9.62. The molecule has 14 nitrogen and oxygen atoms in total. The molecule has 0 unspecified atom stereocenters. The first kappa shape index (κ1) is 25.7. The zero-order valence-electron chi connectivity index (χ0n) is 17.6. The molecule has 182 valence electrons. The molecule has 0 radical (unpaired) electrons. The van der Waals surface area contributed by atoms with Gasteiger partial charge in [0, 0.05) is 23.9 Å². The van der Waals surface area contributed by atoms with Gasteiger partial charge in [-0.3, -0.25) is 14.5 Å². The quantitative estimate of drug-likeness (QED) is 0.167. The molecular formula is C16H18ClN9O5S3.